The summed E-state index contributed by atoms with van der Waals surface area (Å²) in [5, 5.41) is 8.95. The minimum atomic E-state index is 0.356. The molecule has 0 amide bonds. The van der Waals surface area contributed by atoms with Gasteiger partial charge >= 0.3 is 0 Å². The average Bonchev–Trinajstić information content (AvgIpc) is 3.22. The van der Waals surface area contributed by atoms with Crippen LogP contribution in [0.15, 0.2) is 24.7 Å². The van der Waals surface area contributed by atoms with Gasteiger partial charge in [0.15, 0.2) is 5.82 Å². The van der Waals surface area contributed by atoms with Gasteiger partial charge in [0.2, 0.25) is 0 Å². The maximum Gasteiger partial charge on any atom is 0.152 e. The van der Waals surface area contributed by atoms with Crippen LogP contribution >= 0.6 is 0 Å². The van der Waals surface area contributed by atoms with Crippen LogP contribution in [-0.2, 0) is 13.6 Å². The highest BCUT2D eigenvalue weighted by molar-refractivity contribution is 5.38. The van der Waals surface area contributed by atoms with Gasteiger partial charge in [-0.2, -0.15) is 0 Å². The van der Waals surface area contributed by atoms with Crippen molar-refractivity contribution in [2.75, 3.05) is 18.0 Å². The quantitative estimate of drug-likeness (QED) is 0.713. The Bertz CT molecular complexity index is 896. The molecule has 1 aliphatic heterocycles. The van der Waals surface area contributed by atoms with E-state index in [4.69, 9.17) is 0 Å². The fraction of sp³-hybridized carbons (Fsp3) is 0.500. The lowest BCUT2D eigenvalue weighted by molar-refractivity contribution is 0.475. The molecule has 26 heavy (non-hydrogen) atoms. The van der Waals surface area contributed by atoms with Gasteiger partial charge in [-0.1, -0.05) is 0 Å². The molecule has 0 unspecified atom stereocenters. The topological polar surface area (TPSA) is 77.5 Å². The number of aromatic nitrogens is 7. The van der Waals surface area contributed by atoms with Crippen molar-refractivity contribution in [2.45, 2.75) is 39.2 Å². The molecule has 0 saturated carbocycles. The molecule has 1 atom stereocenters. The van der Waals surface area contributed by atoms with E-state index in [1.807, 2.05) is 38.5 Å². The fourth-order valence-corrected chi connectivity index (χ4v) is 3.61. The van der Waals surface area contributed by atoms with Crippen LogP contribution in [-0.4, -0.2) is 47.4 Å². The summed E-state index contributed by atoms with van der Waals surface area (Å²) in [6.45, 7) is 6.55. The maximum absolute atomic E-state index is 4.57. The number of hydrogen-bond donors (Lipinski definition) is 0. The van der Waals surface area contributed by atoms with Crippen LogP contribution in [0.1, 0.15) is 42.1 Å². The molecule has 8 heteroatoms. The van der Waals surface area contributed by atoms with Crippen LogP contribution in [0, 0.1) is 13.8 Å². The molecule has 1 aliphatic rings. The van der Waals surface area contributed by atoms with E-state index in [1.54, 1.807) is 0 Å². The first-order valence-corrected chi connectivity index (χ1v) is 9.02. The predicted octanol–water partition coefficient (Wildman–Crippen LogP) is 1.85. The molecule has 4 heterocycles. The van der Waals surface area contributed by atoms with Crippen LogP contribution in [0.5, 0.6) is 0 Å². The van der Waals surface area contributed by atoms with Crippen LogP contribution in [0.2, 0.25) is 0 Å². The van der Waals surface area contributed by atoms with Crippen molar-refractivity contribution in [1.29, 1.82) is 0 Å². The van der Waals surface area contributed by atoms with Crippen LogP contribution in [0.25, 0.3) is 0 Å². The minimum Gasteiger partial charge on any atom is -0.356 e. The van der Waals surface area contributed by atoms with E-state index in [9.17, 15) is 0 Å². The van der Waals surface area contributed by atoms with Crippen molar-refractivity contribution in [3.63, 3.8) is 0 Å². The Morgan fingerprint density at radius 2 is 2.04 bits per heavy atom. The molecule has 0 aliphatic carbocycles. The van der Waals surface area contributed by atoms with Gasteiger partial charge in [-0.3, -0.25) is 0 Å². The van der Waals surface area contributed by atoms with Crippen LogP contribution < -0.4 is 4.90 Å². The Kier molecular flexibility index (Phi) is 4.40. The number of aryl methyl sites for hydroxylation is 2. The van der Waals surface area contributed by atoms with Crippen molar-refractivity contribution in [2.24, 2.45) is 7.05 Å². The lowest BCUT2D eigenvalue weighted by Crippen LogP contribution is -2.36. The fourth-order valence-electron chi connectivity index (χ4n) is 3.61. The van der Waals surface area contributed by atoms with Gasteiger partial charge in [0.25, 0.3) is 0 Å². The summed E-state index contributed by atoms with van der Waals surface area (Å²) < 4.78 is 4.23. The highest BCUT2D eigenvalue weighted by Crippen LogP contribution is 2.28. The normalized spacial score (nSPS) is 17.7. The first-order valence-electron chi connectivity index (χ1n) is 9.02. The molecule has 0 bridgehead atoms. The first-order chi connectivity index (χ1) is 12.6. The van der Waals surface area contributed by atoms with Gasteiger partial charge < -0.3 is 14.0 Å². The molecule has 0 spiro atoms. The zero-order valence-corrected chi connectivity index (χ0v) is 15.5. The van der Waals surface area contributed by atoms with Crippen molar-refractivity contribution in [3.05, 3.63) is 48.0 Å². The highest BCUT2D eigenvalue weighted by atomic mass is 15.3. The number of rotatable bonds is 4. The van der Waals surface area contributed by atoms with E-state index in [0.717, 1.165) is 55.0 Å². The smallest absolute Gasteiger partial charge is 0.152 e. The first kappa shape index (κ1) is 16.7. The number of imidazole rings is 1. The zero-order valence-electron chi connectivity index (χ0n) is 15.5. The molecule has 1 fully saturated rings. The predicted molar refractivity (Wildman–Crippen MR) is 98.0 cm³/mol. The lowest BCUT2D eigenvalue weighted by Gasteiger charge is -2.33. The summed E-state index contributed by atoms with van der Waals surface area (Å²) in [6.07, 6.45) is 7.86. The van der Waals surface area contributed by atoms with E-state index in [1.165, 1.54) is 0 Å². The second-order valence-electron chi connectivity index (χ2n) is 6.88. The summed E-state index contributed by atoms with van der Waals surface area (Å²) in [5.41, 5.74) is 0. The molecule has 4 rings (SSSR count). The van der Waals surface area contributed by atoms with Crippen molar-refractivity contribution < 1.29 is 0 Å². The van der Waals surface area contributed by atoms with E-state index < -0.39 is 0 Å². The number of anilines is 1. The summed E-state index contributed by atoms with van der Waals surface area (Å²) in [4.78, 5) is 15.4. The van der Waals surface area contributed by atoms with E-state index in [-0.39, 0.29) is 0 Å². The summed E-state index contributed by atoms with van der Waals surface area (Å²) in [6, 6.07) is 1.99. The molecule has 1 saturated heterocycles. The largest absolute Gasteiger partial charge is 0.356 e. The van der Waals surface area contributed by atoms with Crippen molar-refractivity contribution in [1.82, 2.24) is 34.3 Å². The van der Waals surface area contributed by atoms with E-state index >= 15 is 0 Å². The third kappa shape index (κ3) is 3.18. The standard InChI is InChI=1S/C18H24N8/c1-13-19-7-6-16(21-13)26-9-4-5-15(11-26)18-23-22-17(24(18)3)12-25-10-8-20-14(25)2/h6-8,10,15H,4-5,9,11-12H2,1-3H3/t15-/m0/s1. The van der Waals surface area contributed by atoms with Gasteiger partial charge in [-0.25, -0.2) is 15.0 Å². The second-order valence-corrected chi connectivity index (χ2v) is 6.88. The summed E-state index contributed by atoms with van der Waals surface area (Å²) >= 11 is 0. The third-order valence-corrected chi connectivity index (χ3v) is 5.11. The minimum absolute atomic E-state index is 0.356. The van der Waals surface area contributed by atoms with Gasteiger partial charge in [0.05, 0.1) is 6.54 Å². The maximum atomic E-state index is 4.57. The molecule has 8 nitrogen and oxygen atoms in total. The van der Waals surface area contributed by atoms with Gasteiger partial charge in [0, 0.05) is 44.6 Å². The molecular weight excluding hydrogens is 328 g/mol. The number of hydrogen-bond acceptors (Lipinski definition) is 6. The van der Waals surface area contributed by atoms with Gasteiger partial charge in [0.1, 0.15) is 23.3 Å². The summed E-state index contributed by atoms with van der Waals surface area (Å²) in [7, 11) is 2.06. The van der Waals surface area contributed by atoms with Crippen molar-refractivity contribution >= 4 is 5.82 Å². The molecule has 136 valence electrons. The number of piperidine rings is 1. The Hall–Kier alpha value is -2.77. The van der Waals surface area contributed by atoms with Gasteiger partial charge in [-0.15, -0.1) is 10.2 Å². The molecule has 3 aromatic rings. The molecular formula is C18H24N8. The molecule has 0 radical (unpaired) electrons. The Morgan fingerprint density at radius 1 is 1.15 bits per heavy atom. The monoisotopic (exact) mass is 352 g/mol. The SMILES string of the molecule is Cc1nccc(N2CCC[C@H](c3nnc(Cn4ccnc4C)n3C)C2)n1. The van der Waals surface area contributed by atoms with Crippen LogP contribution in [0.4, 0.5) is 5.82 Å². The van der Waals surface area contributed by atoms with E-state index in [2.05, 4.69) is 46.2 Å². The molecule has 0 N–H and O–H groups in total. The van der Waals surface area contributed by atoms with E-state index in [0.29, 0.717) is 12.5 Å². The number of nitrogens with zero attached hydrogens (tertiary/aromatic N) is 8. The average molecular weight is 352 g/mol. The van der Waals surface area contributed by atoms with Crippen molar-refractivity contribution in [3.8, 4) is 0 Å². The highest BCUT2D eigenvalue weighted by Gasteiger charge is 2.26. The molecule has 3 aromatic heterocycles. The Morgan fingerprint density at radius 3 is 2.81 bits per heavy atom. The third-order valence-electron chi connectivity index (χ3n) is 5.11. The Labute approximate surface area is 152 Å². The lowest BCUT2D eigenvalue weighted by atomic mass is 9.97. The van der Waals surface area contributed by atoms with Crippen LogP contribution in [0.3, 0.4) is 0 Å². The summed E-state index contributed by atoms with van der Waals surface area (Å²) in [5.74, 6) is 5.15. The zero-order chi connectivity index (χ0) is 18.1. The van der Waals surface area contributed by atoms with Gasteiger partial charge in [-0.05, 0) is 32.8 Å². The second kappa shape index (κ2) is 6.86. The Balaban J connectivity index is 1.53. The molecule has 0 aromatic carbocycles.